The Morgan fingerprint density at radius 2 is 1.80 bits per heavy atom. The molecule has 4 aliphatic carbocycles. The minimum Gasteiger partial charge on any atom is -0.481 e. The first-order valence-electron chi connectivity index (χ1n) is 17.8. The summed E-state index contributed by atoms with van der Waals surface area (Å²) in [4.78, 5) is 40.6. The quantitative estimate of drug-likeness (QED) is 0.275. The fourth-order valence-corrected chi connectivity index (χ4v) is 11.7. The summed E-state index contributed by atoms with van der Waals surface area (Å²) in [7, 11) is 0. The van der Waals surface area contributed by atoms with Crippen molar-refractivity contribution in [3.63, 3.8) is 0 Å². The summed E-state index contributed by atoms with van der Waals surface area (Å²) in [6.45, 7) is 18.2. The second-order valence-corrected chi connectivity index (χ2v) is 17.0. The fraction of sp³-hybridized carbons (Fsp3) is 0.865. The zero-order valence-corrected chi connectivity index (χ0v) is 29.5. The van der Waals surface area contributed by atoms with Gasteiger partial charge in [0.05, 0.1) is 25.7 Å². The number of ether oxygens (including phenoxy) is 3. The van der Waals surface area contributed by atoms with E-state index in [1.165, 1.54) is 6.92 Å². The number of carbonyl (C=O) groups is 3. The minimum atomic E-state index is -1.05. The number of carbonyl (C=O) groups excluding carboxylic acids is 2. The molecule has 1 heterocycles. The number of rotatable bonds is 10. The van der Waals surface area contributed by atoms with E-state index >= 15 is 0 Å². The zero-order valence-electron chi connectivity index (χ0n) is 29.5. The molecular weight excluding hydrogens is 584 g/mol. The van der Waals surface area contributed by atoms with Crippen molar-refractivity contribution in [2.45, 2.75) is 119 Å². The maximum atomic E-state index is 14.8. The Balaban J connectivity index is 1.58. The van der Waals surface area contributed by atoms with E-state index in [9.17, 15) is 19.5 Å². The second kappa shape index (κ2) is 12.3. The third kappa shape index (κ3) is 5.04. The first-order chi connectivity index (χ1) is 21.4. The van der Waals surface area contributed by atoms with Gasteiger partial charge in [-0.05, 0) is 92.1 Å². The largest absolute Gasteiger partial charge is 0.481 e. The van der Waals surface area contributed by atoms with Gasteiger partial charge in [-0.25, -0.2) is 0 Å². The number of nitrogens with two attached hydrogens (primary N) is 2. The van der Waals surface area contributed by atoms with Crippen molar-refractivity contribution in [1.82, 2.24) is 0 Å². The van der Waals surface area contributed by atoms with E-state index in [1.54, 1.807) is 0 Å². The van der Waals surface area contributed by atoms with Crippen molar-refractivity contribution in [1.29, 1.82) is 0 Å². The summed E-state index contributed by atoms with van der Waals surface area (Å²) >= 11 is 0. The lowest BCUT2D eigenvalue weighted by atomic mass is 9.34. The van der Waals surface area contributed by atoms with Crippen LogP contribution in [0.2, 0.25) is 0 Å². The molecule has 0 radical (unpaired) electrons. The fourth-order valence-electron chi connectivity index (χ4n) is 11.7. The second-order valence-electron chi connectivity index (χ2n) is 17.0. The van der Waals surface area contributed by atoms with E-state index in [-0.39, 0.29) is 35.5 Å². The van der Waals surface area contributed by atoms with Crippen LogP contribution in [-0.4, -0.2) is 67.4 Å². The van der Waals surface area contributed by atoms with Crippen molar-refractivity contribution in [2.24, 2.45) is 68.1 Å². The van der Waals surface area contributed by atoms with Gasteiger partial charge in [-0.2, -0.15) is 0 Å². The SMILES string of the molecule is CC(=O)OC1C[C@@]23COCC(C)(C2CC[C@H]2C3=CC(=O)[C@@]3(C)[C@H](C(=O)O)[C@@](C)([C@H](C)C(C)C)CC[C@]23C)[C@H]1OCC(N)CCCN. The highest BCUT2D eigenvalue weighted by molar-refractivity contribution is 6.00. The number of allylic oxidation sites excluding steroid dienone is 1. The van der Waals surface area contributed by atoms with Crippen molar-refractivity contribution in [3.8, 4) is 0 Å². The molecule has 0 aromatic rings. The Bertz CT molecular complexity index is 1250. The van der Waals surface area contributed by atoms with Gasteiger partial charge in [-0.15, -0.1) is 0 Å². The number of carboxylic acid groups (broad SMARTS) is 1. The summed E-state index contributed by atoms with van der Waals surface area (Å²) in [5.41, 5.74) is 10.1. The molecule has 0 aromatic carbocycles. The number of hydrogen-bond acceptors (Lipinski definition) is 8. The first-order valence-corrected chi connectivity index (χ1v) is 17.8. The minimum absolute atomic E-state index is 0.0262. The lowest BCUT2D eigenvalue weighted by Crippen LogP contribution is -2.71. The van der Waals surface area contributed by atoms with E-state index in [2.05, 4.69) is 41.5 Å². The molecule has 46 heavy (non-hydrogen) atoms. The number of hydrogen-bond donors (Lipinski definition) is 3. The van der Waals surface area contributed by atoms with E-state index in [0.717, 1.165) is 44.1 Å². The van der Waals surface area contributed by atoms with Gasteiger partial charge in [-0.3, -0.25) is 14.4 Å². The topological polar surface area (TPSA) is 151 Å². The highest BCUT2D eigenvalue weighted by Gasteiger charge is 2.74. The smallest absolute Gasteiger partial charge is 0.308 e. The lowest BCUT2D eigenvalue weighted by molar-refractivity contribution is -0.266. The molecule has 0 spiro atoms. The first kappa shape index (κ1) is 35.5. The number of esters is 1. The molecular formula is C37H60N2O7. The molecule has 9 nitrogen and oxygen atoms in total. The average Bonchev–Trinajstić information content (AvgIpc) is 2.96. The van der Waals surface area contributed by atoms with Crippen LogP contribution in [0.5, 0.6) is 0 Å². The van der Waals surface area contributed by atoms with Crippen LogP contribution in [0.3, 0.4) is 0 Å². The average molecular weight is 645 g/mol. The van der Waals surface area contributed by atoms with E-state index in [0.29, 0.717) is 38.7 Å². The number of aliphatic carboxylic acids is 1. The molecule has 2 bridgehead atoms. The van der Waals surface area contributed by atoms with Gasteiger partial charge in [0.1, 0.15) is 12.2 Å². The third-order valence-corrected chi connectivity index (χ3v) is 14.5. The van der Waals surface area contributed by atoms with Crippen LogP contribution in [0, 0.1) is 56.7 Å². The highest BCUT2D eigenvalue weighted by atomic mass is 16.6. The third-order valence-electron chi connectivity index (χ3n) is 14.5. The summed E-state index contributed by atoms with van der Waals surface area (Å²) < 4.78 is 19.1. The van der Waals surface area contributed by atoms with Gasteiger partial charge in [0.25, 0.3) is 0 Å². The maximum Gasteiger partial charge on any atom is 0.308 e. The van der Waals surface area contributed by atoms with Crippen molar-refractivity contribution in [2.75, 3.05) is 26.4 Å². The van der Waals surface area contributed by atoms with Crippen LogP contribution in [0.25, 0.3) is 0 Å². The molecule has 12 atom stereocenters. The van der Waals surface area contributed by atoms with Crippen LogP contribution >= 0.6 is 0 Å². The van der Waals surface area contributed by atoms with Crippen LogP contribution in [-0.2, 0) is 28.6 Å². The molecule has 3 saturated carbocycles. The van der Waals surface area contributed by atoms with E-state index in [4.69, 9.17) is 25.7 Å². The molecule has 5 aliphatic rings. The molecule has 0 aromatic heterocycles. The summed E-state index contributed by atoms with van der Waals surface area (Å²) in [5, 5.41) is 10.9. The zero-order chi connectivity index (χ0) is 34.0. The normalized spacial score (nSPS) is 44.7. The van der Waals surface area contributed by atoms with Crippen LogP contribution < -0.4 is 11.5 Å². The van der Waals surface area contributed by atoms with Gasteiger partial charge >= 0.3 is 11.9 Å². The van der Waals surface area contributed by atoms with Crippen LogP contribution in [0.15, 0.2) is 11.6 Å². The van der Waals surface area contributed by atoms with Crippen molar-refractivity contribution < 1.29 is 33.7 Å². The summed E-state index contributed by atoms with van der Waals surface area (Å²) in [6.07, 6.45) is 6.31. The monoisotopic (exact) mass is 644 g/mol. The maximum absolute atomic E-state index is 14.8. The molecule has 4 fully saturated rings. The molecule has 4 unspecified atom stereocenters. The van der Waals surface area contributed by atoms with Gasteiger partial charge in [-0.1, -0.05) is 54.0 Å². The molecule has 260 valence electrons. The van der Waals surface area contributed by atoms with Gasteiger partial charge in [0.2, 0.25) is 0 Å². The van der Waals surface area contributed by atoms with Gasteiger partial charge < -0.3 is 30.8 Å². The van der Waals surface area contributed by atoms with Gasteiger partial charge in [0.15, 0.2) is 5.78 Å². The Morgan fingerprint density at radius 3 is 2.41 bits per heavy atom. The van der Waals surface area contributed by atoms with Crippen LogP contribution in [0.1, 0.15) is 100 Å². The predicted molar refractivity (Wildman–Crippen MR) is 176 cm³/mol. The van der Waals surface area contributed by atoms with Gasteiger partial charge in [0, 0.05) is 29.2 Å². The highest BCUT2D eigenvalue weighted by Crippen LogP contribution is 2.74. The number of fused-ring (bicyclic) bond motifs is 3. The Labute approximate surface area is 275 Å². The summed E-state index contributed by atoms with van der Waals surface area (Å²) in [5.74, 6) is -1.50. The van der Waals surface area contributed by atoms with Crippen LogP contribution in [0.4, 0.5) is 0 Å². The summed E-state index contributed by atoms with van der Waals surface area (Å²) in [6, 6.07) is -0.175. The van der Waals surface area contributed by atoms with E-state index in [1.807, 2.05) is 13.0 Å². The molecule has 9 heteroatoms. The number of ketones is 1. The van der Waals surface area contributed by atoms with Crippen molar-refractivity contribution >= 4 is 17.7 Å². The Hall–Kier alpha value is -1.81. The Morgan fingerprint density at radius 1 is 1.11 bits per heavy atom. The number of carboxylic acids is 1. The standard InChI is InChI=1S/C37H60N2O7/c1-21(2)22(3)33(5)13-14-35(7)25-11-12-28-34(6)19-44-20-37(28,26(25)16-29(41)36(35,8)30(33)32(42)43)17-27(46-23(4)40)31(34)45-18-24(39)10-9-15-38/h16,21-22,24-25,27-28,30-31H,9-15,17-20,38-39H2,1-8H3,(H,42,43)/t22-,24?,25+,27?,28?,30-,31+,33-,34?,35-,36+,37+/m1/s1. The molecule has 5 rings (SSSR count). The molecule has 1 saturated heterocycles. The molecule has 0 amide bonds. The van der Waals surface area contributed by atoms with E-state index < -0.39 is 51.2 Å². The predicted octanol–water partition coefficient (Wildman–Crippen LogP) is 5.14. The molecule has 5 N–H and O–H groups in total. The Kier molecular flexibility index (Phi) is 9.46. The van der Waals surface area contributed by atoms with Crippen molar-refractivity contribution in [3.05, 3.63) is 11.6 Å². The lowest BCUT2D eigenvalue weighted by Gasteiger charge is -2.70. The molecule has 1 aliphatic heterocycles.